The number of aromatic nitrogens is 2. The summed E-state index contributed by atoms with van der Waals surface area (Å²) >= 11 is 0. The topological polar surface area (TPSA) is 109 Å². The second kappa shape index (κ2) is 5.91. The molecule has 0 spiro atoms. The number of hydrogen-bond acceptors (Lipinski definition) is 6. The van der Waals surface area contributed by atoms with Gasteiger partial charge in [-0.3, -0.25) is 4.79 Å². The van der Waals surface area contributed by atoms with Gasteiger partial charge in [-0.25, -0.2) is 9.48 Å². The highest BCUT2D eigenvalue weighted by atomic mass is 16.4. The minimum atomic E-state index is -0.589. The lowest BCUT2D eigenvalue weighted by molar-refractivity contribution is 0.468. The van der Waals surface area contributed by atoms with Gasteiger partial charge in [0.1, 0.15) is 23.0 Å². The maximum atomic E-state index is 12.5. The molecule has 0 unspecified atom stereocenters. The summed E-state index contributed by atoms with van der Waals surface area (Å²) in [6.45, 7) is 5.04. The molecule has 0 aliphatic heterocycles. The average molecular weight is 337 g/mol. The van der Waals surface area contributed by atoms with Crippen molar-refractivity contribution in [2.45, 2.75) is 27.3 Å². The highest BCUT2D eigenvalue weighted by Gasteiger charge is 2.15. The minimum Gasteiger partial charge on any atom is -0.508 e. The predicted octanol–water partition coefficient (Wildman–Crippen LogP) is 1.90. The lowest BCUT2D eigenvalue weighted by atomic mass is 10.1. The fourth-order valence-electron chi connectivity index (χ4n) is 2.72. The van der Waals surface area contributed by atoms with Crippen LogP contribution in [0.2, 0.25) is 0 Å². The van der Waals surface area contributed by atoms with Crippen LogP contribution in [-0.4, -0.2) is 14.9 Å². The molecule has 3 aromatic rings. The Morgan fingerprint density at radius 1 is 1.24 bits per heavy atom. The molecule has 126 valence electrons. The van der Waals surface area contributed by atoms with Crippen molar-refractivity contribution >= 4 is 11.0 Å². The fourth-order valence-corrected chi connectivity index (χ4v) is 2.72. The lowest BCUT2D eigenvalue weighted by Crippen LogP contribution is -2.28. The van der Waals surface area contributed by atoms with Crippen molar-refractivity contribution in [3.63, 3.8) is 0 Å². The van der Waals surface area contributed by atoms with E-state index >= 15 is 0 Å². The van der Waals surface area contributed by atoms with Crippen molar-refractivity contribution in [1.82, 2.24) is 9.78 Å². The molecule has 0 atom stereocenters. The van der Waals surface area contributed by atoms with Gasteiger partial charge in [-0.2, -0.15) is 10.4 Å². The van der Waals surface area contributed by atoms with Crippen LogP contribution in [0.4, 0.5) is 0 Å². The molecule has 1 aromatic carbocycles. The van der Waals surface area contributed by atoms with Crippen LogP contribution in [0.25, 0.3) is 11.0 Å². The SMILES string of the molecule is Cc1nn(Cc2cc(=O)oc3c(C)c(O)ccc23)c(=O)c(C#N)c1C. The summed E-state index contributed by atoms with van der Waals surface area (Å²) < 4.78 is 6.36. The number of nitrogens with zero attached hydrogens (tertiary/aromatic N) is 3. The average Bonchev–Trinajstić information content (AvgIpc) is 2.57. The summed E-state index contributed by atoms with van der Waals surface area (Å²) in [5.74, 6) is 0.0149. The highest BCUT2D eigenvalue weighted by molar-refractivity contribution is 5.84. The van der Waals surface area contributed by atoms with E-state index in [1.165, 1.54) is 12.1 Å². The van der Waals surface area contributed by atoms with Gasteiger partial charge >= 0.3 is 5.63 Å². The zero-order chi connectivity index (χ0) is 18.3. The van der Waals surface area contributed by atoms with Gasteiger partial charge in [-0.1, -0.05) is 0 Å². The van der Waals surface area contributed by atoms with E-state index in [2.05, 4.69) is 5.10 Å². The molecular formula is C18H15N3O4. The van der Waals surface area contributed by atoms with Crippen LogP contribution in [0.1, 0.15) is 27.9 Å². The van der Waals surface area contributed by atoms with Gasteiger partial charge in [0, 0.05) is 17.0 Å². The van der Waals surface area contributed by atoms with E-state index < -0.39 is 11.2 Å². The third-order valence-corrected chi connectivity index (χ3v) is 4.29. The van der Waals surface area contributed by atoms with E-state index in [4.69, 9.17) is 4.42 Å². The number of rotatable bonds is 2. The molecule has 0 fully saturated rings. The van der Waals surface area contributed by atoms with Crippen LogP contribution < -0.4 is 11.2 Å². The van der Waals surface area contributed by atoms with E-state index in [0.29, 0.717) is 27.8 Å². The van der Waals surface area contributed by atoms with E-state index in [-0.39, 0.29) is 23.4 Å². The number of aryl methyl sites for hydroxylation is 2. The number of aromatic hydroxyl groups is 1. The van der Waals surface area contributed by atoms with Gasteiger partial charge in [-0.05, 0) is 44.0 Å². The van der Waals surface area contributed by atoms with Gasteiger partial charge in [-0.15, -0.1) is 0 Å². The first-order valence-corrected chi connectivity index (χ1v) is 7.57. The Kier molecular flexibility index (Phi) is 3.89. The summed E-state index contributed by atoms with van der Waals surface area (Å²) in [5, 5.41) is 23.8. The zero-order valence-electron chi connectivity index (χ0n) is 14.0. The van der Waals surface area contributed by atoms with E-state index in [1.807, 2.05) is 6.07 Å². The Morgan fingerprint density at radius 3 is 2.64 bits per heavy atom. The number of fused-ring (bicyclic) bond motifs is 1. The third-order valence-electron chi connectivity index (χ3n) is 4.29. The molecule has 1 N–H and O–H groups in total. The monoisotopic (exact) mass is 337 g/mol. The first-order valence-electron chi connectivity index (χ1n) is 7.57. The third kappa shape index (κ3) is 2.68. The van der Waals surface area contributed by atoms with Gasteiger partial charge < -0.3 is 9.52 Å². The van der Waals surface area contributed by atoms with Crippen molar-refractivity contribution in [3.05, 3.63) is 66.9 Å². The quantitative estimate of drug-likeness (QED) is 0.715. The summed E-state index contributed by atoms with van der Waals surface area (Å²) in [4.78, 5) is 24.3. The molecule has 7 nitrogen and oxygen atoms in total. The second-order valence-corrected chi connectivity index (χ2v) is 5.84. The van der Waals surface area contributed by atoms with Crippen molar-refractivity contribution < 1.29 is 9.52 Å². The summed E-state index contributed by atoms with van der Waals surface area (Å²) in [7, 11) is 0. The van der Waals surface area contributed by atoms with Gasteiger partial charge in [0.25, 0.3) is 5.56 Å². The first-order chi connectivity index (χ1) is 11.8. The maximum absolute atomic E-state index is 12.5. The van der Waals surface area contributed by atoms with Crippen LogP contribution in [0, 0.1) is 32.1 Å². The Labute approximate surface area is 142 Å². The van der Waals surface area contributed by atoms with Crippen LogP contribution in [0.15, 0.2) is 32.2 Å². The van der Waals surface area contributed by atoms with E-state index in [9.17, 15) is 20.0 Å². The van der Waals surface area contributed by atoms with Crippen LogP contribution in [-0.2, 0) is 6.54 Å². The Bertz CT molecular complexity index is 1170. The summed E-state index contributed by atoms with van der Waals surface area (Å²) in [6, 6.07) is 6.31. The zero-order valence-corrected chi connectivity index (χ0v) is 14.0. The second-order valence-electron chi connectivity index (χ2n) is 5.84. The van der Waals surface area contributed by atoms with Gasteiger partial charge in [0.05, 0.1) is 12.2 Å². The molecule has 2 aromatic heterocycles. The lowest BCUT2D eigenvalue weighted by Gasteiger charge is -2.11. The number of nitriles is 1. The molecule has 0 radical (unpaired) electrons. The highest BCUT2D eigenvalue weighted by Crippen LogP contribution is 2.27. The Hall–Kier alpha value is -3.40. The van der Waals surface area contributed by atoms with Gasteiger partial charge in [0.2, 0.25) is 0 Å². The number of hydrogen-bond donors (Lipinski definition) is 1. The molecular weight excluding hydrogens is 322 g/mol. The van der Waals surface area contributed by atoms with E-state index in [0.717, 1.165) is 4.68 Å². The standard InChI is InChI=1S/C18H15N3O4/c1-9-11(3)20-21(18(24)14(9)7-19)8-12-6-16(23)25-17-10(2)15(22)5-4-13(12)17/h4-6,22H,8H2,1-3H3. The van der Waals surface area contributed by atoms with Crippen LogP contribution in [0.5, 0.6) is 5.75 Å². The minimum absolute atomic E-state index is 0.0148. The smallest absolute Gasteiger partial charge is 0.336 e. The molecule has 0 aliphatic rings. The van der Waals surface area contributed by atoms with Crippen molar-refractivity contribution in [1.29, 1.82) is 5.26 Å². The first kappa shape index (κ1) is 16.5. The van der Waals surface area contributed by atoms with Crippen LogP contribution in [0.3, 0.4) is 0 Å². The summed E-state index contributed by atoms with van der Waals surface area (Å²) in [5.41, 5.74) is 1.27. The Morgan fingerprint density at radius 2 is 1.96 bits per heavy atom. The molecule has 0 saturated carbocycles. The molecule has 3 rings (SSSR count). The number of phenols is 1. The summed E-state index contributed by atoms with van der Waals surface area (Å²) in [6.07, 6.45) is 0. The number of phenolic OH excluding ortho intramolecular Hbond substituents is 1. The number of benzene rings is 1. The Balaban J connectivity index is 2.26. The van der Waals surface area contributed by atoms with Crippen molar-refractivity contribution in [2.75, 3.05) is 0 Å². The molecule has 2 heterocycles. The molecule has 0 aliphatic carbocycles. The molecule has 7 heteroatoms. The maximum Gasteiger partial charge on any atom is 0.336 e. The molecule has 0 bridgehead atoms. The van der Waals surface area contributed by atoms with Crippen molar-refractivity contribution in [3.8, 4) is 11.8 Å². The van der Waals surface area contributed by atoms with E-state index in [1.54, 1.807) is 26.8 Å². The largest absolute Gasteiger partial charge is 0.508 e. The van der Waals surface area contributed by atoms with Crippen LogP contribution >= 0.6 is 0 Å². The molecule has 0 saturated heterocycles. The predicted molar refractivity (Wildman–Crippen MR) is 90.7 cm³/mol. The molecule has 0 amide bonds. The normalized spacial score (nSPS) is 10.8. The fraction of sp³-hybridized carbons (Fsp3) is 0.222. The van der Waals surface area contributed by atoms with Gasteiger partial charge in [0.15, 0.2) is 0 Å². The molecule has 25 heavy (non-hydrogen) atoms. The van der Waals surface area contributed by atoms with Crippen molar-refractivity contribution in [2.24, 2.45) is 0 Å².